The summed E-state index contributed by atoms with van der Waals surface area (Å²) >= 11 is 13.1. The maximum Gasteiger partial charge on any atom is 0.262 e. The Morgan fingerprint density at radius 1 is 0.857 bits per heavy atom. The van der Waals surface area contributed by atoms with Crippen LogP contribution in [0.1, 0.15) is 0 Å². The SMILES string of the molecule is COc1cccc(S(=O)(=O)Nc2cc(Cl)c(Cl)cc2NS(=O)(=O)c2ccc3c(c2)c(=O)sn3C)c1. The number of benzene rings is 3. The van der Waals surface area contributed by atoms with E-state index in [0.717, 1.165) is 11.5 Å². The van der Waals surface area contributed by atoms with E-state index in [9.17, 15) is 21.6 Å². The fourth-order valence-electron chi connectivity index (χ4n) is 3.23. The topological polar surface area (TPSA) is 124 Å². The van der Waals surface area contributed by atoms with E-state index >= 15 is 0 Å². The third kappa shape index (κ3) is 5.11. The first-order valence-electron chi connectivity index (χ1n) is 9.70. The van der Waals surface area contributed by atoms with Crippen LogP contribution in [0.5, 0.6) is 5.75 Å². The van der Waals surface area contributed by atoms with Crippen molar-refractivity contribution >= 4 is 77.1 Å². The van der Waals surface area contributed by atoms with Crippen LogP contribution in [-0.2, 0) is 27.1 Å². The number of anilines is 2. The Kier molecular flexibility index (Phi) is 6.77. The minimum Gasteiger partial charge on any atom is -0.497 e. The quantitative estimate of drug-likeness (QED) is 0.335. The first kappa shape index (κ1) is 25.3. The lowest BCUT2D eigenvalue weighted by atomic mass is 10.2. The Morgan fingerprint density at radius 3 is 2.00 bits per heavy atom. The van der Waals surface area contributed by atoms with Crippen LogP contribution in [0.4, 0.5) is 11.4 Å². The molecule has 0 fully saturated rings. The molecule has 0 aliphatic rings. The van der Waals surface area contributed by atoms with E-state index in [-0.39, 0.29) is 41.3 Å². The van der Waals surface area contributed by atoms with Crippen LogP contribution in [0.3, 0.4) is 0 Å². The van der Waals surface area contributed by atoms with Gasteiger partial charge in [0.2, 0.25) is 0 Å². The van der Waals surface area contributed by atoms with E-state index in [2.05, 4.69) is 9.44 Å². The molecule has 0 radical (unpaired) electrons. The summed E-state index contributed by atoms with van der Waals surface area (Å²) in [5, 5.41) is 0.241. The van der Waals surface area contributed by atoms with Gasteiger partial charge >= 0.3 is 0 Å². The van der Waals surface area contributed by atoms with Crippen LogP contribution in [-0.4, -0.2) is 27.9 Å². The Morgan fingerprint density at radius 2 is 1.43 bits per heavy atom. The smallest absolute Gasteiger partial charge is 0.262 e. The summed E-state index contributed by atoms with van der Waals surface area (Å²) in [6, 6.07) is 12.2. The highest BCUT2D eigenvalue weighted by atomic mass is 35.5. The van der Waals surface area contributed by atoms with Gasteiger partial charge < -0.3 is 4.74 Å². The van der Waals surface area contributed by atoms with Crippen molar-refractivity contribution in [3.8, 4) is 5.75 Å². The zero-order chi connectivity index (χ0) is 25.5. The number of halogens is 2. The number of sulfonamides is 2. The highest BCUT2D eigenvalue weighted by Crippen LogP contribution is 2.35. The van der Waals surface area contributed by atoms with Gasteiger partial charge in [0, 0.05) is 13.1 Å². The minimum absolute atomic E-state index is 0.00106. The van der Waals surface area contributed by atoms with Gasteiger partial charge in [-0.05, 0) is 54.0 Å². The van der Waals surface area contributed by atoms with Crippen molar-refractivity contribution < 1.29 is 21.6 Å². The molecule has 0 atom stereocenters. The minimum atomic E-state index is -4.25. The maximum atomic E-state index is 13.1. The van der Waals surface area contributed by atoms with Crippen molar-refractivity contribution in [1.82, 2.24) is 3.96 Å². The summed E-state index contributed by atoms with van der Waals surface area (Å²) in [6.07, 6.45) is 0. The molecule has 1 aromatic heterocycles. The summed E-state index contributed by atoms with van der Waals surface area (Å²) in [5.41, 5.74) is 0.266. The largest absolute Gasteiger partial charge is 0.497 e. The van der Waals surface area contributed by atoms with Crippen molar-refractivity contribution in [3.63, 3.8) is 0 Å². The zero-order valence-corrected chi connectivity index (χ0v) is 22.0. The number of rotatable bonds is 7. The maximum absolute atomic E-state index is 13.1. The predicted molar refractivity (Wildman–Crippen MR) is 138 cm³/mol. The Labute approximate surface area is 215 Å². The Balaban J connectivity index is 1.74. The van der Waals surface area contributed by atoms with Gasteiger partial charge in [0.25, 0.3) is 24.8 Å². The third-order valence-electron chi connectivity index (χ3n) is 4.96. The summed E-state index contributed by atoms with van der Waals surface area (Å²) in [5.74, 6) is 0.318. The van der Waals surface area contributed by atoms with Crippen LogP contribution in [0.2, 0.25) is 10.0 Å². The van der Waals surface area contributed by atoms with E-state index in [1.165, 1.54) is 55.6 Å². The number of hydrogen-bond acceptors (Lipinski definition) is 7. The summed E-state index contributed by atoms with van der Waals surface area (Å²) in [6.45, 7) is 0. The highest BCUT2D eigenvalue weighted by molar-refractivity contribution is 7.93. The second-order valence-corrected chi connectivity index (χ2v) is 12.5. The molecule has 0 saturated carbocycles. The van der Waals surface area contributed by atoms with E-state index in [1.807, 2.05) is 0 Å². The summed E-state index contributed by atoms with van der Waals surface area (Å²) in [7, 11) is -5.32. The number of aromatic nitrogens is 1. The number of hydrogen-bond donors (Lipinski definition) is 2. The number of aryl methyl sites for hydroxylation is 1. The molecule has 0 aliphatic heterocycles. The van der Waals surface area contributed by atoms with Gasteiger partial charge in [-0.1, -0.05) is 29.3 Å². The molecule has 9 nitrogen and oxygen atoms in total. The fourth-order valence-corrected chi connectivity index (χ4v) is 6.53. The molecule has 4 aromatic rings. The van der Waals surface area contributed by atoms with Crippen LogP contribution in [0.15, 0.2) is 69.2 Å². The molecule has 184 valence electrons. The van der Waals surface area contributed by atoms with Gasteiger partial charge in [-0.3, -0.25) is 18.2 Å². The number of nitrogens with zero attached hydrogens (tertiary/aromatic N) is 1. The lowest BCUT2D eigenvalue weighted by molar-refractivity contribution is 0.413. The predicted octanol–water partition coefficient (Wildman–Crippen LogP) is 4.52. The first-order chi connectivity index (χ1) is 16.4. The molecule has 0 amide bonds. The average molecular weight is 574 g/mol. The standard InChI is InChI=1S/C21H17Cl2N3O6S3/c1-26-20-7-6-14(9-15(20)21(27)33-26)35(30,31)25-19-11-17(23)16(22)10-18(19)24-34(28,29)13-5-3-4-12(8-13)32-2/h3-11,24-25H,1-2H3. The van der Waals surface area contributed by atoms with E-state index < -0.39 is 20.0 Å². The van der Waals surface area contributed by atoms with Crippen molar-refractivity contribution in [3.05, 3.63) is 74.2 Å². The van der Waals surface area contributed by atoms with Gasteiger partial charge in [-0.2, -0.15) is 0 Å². The third-order valence-corrected chi connectivity index (χ3v) is 9.26. The van der Waals surface area contributed by atoms with Gasteiger partial charge in [-0.25, -0.2) is 16.8 Å². The van der Waals surface area contributed by atoms with Crippen molar-refractivity contribution in [2.75, 3.05) is 16.6 Å². The number of ether oxygens (including phenoxy) is 1. The second kappa shape index (κ2) is 9.36. The molecule has 0 bridgehead atoms. The van der Waals surface area contributed by atoms with Crippen molar-refractivity contribution in [2.24, 2.45) is 7.05 Å². The van der Waals surface area contributed by atoms with Crippen LogP contribution in [0.25, 0.3) is 10.9 Å². The Bertz CT molecular complexity index is 1730. The number of fused-ring (bicyclic) bond motifs is 1. The van der Waals surface area contributed by atoms with Gasteiger partial charge in [0.15, 0.2) is 0 Å². The normalized spacial score (nSPS) is 12.0. The molecule has 14 heteroatoms. The average Bonchev–Trinajstić information content (AvgIpc) is 3.10. The zero-order valence-electron chi connectivity index (χ0n) is 18.1. The lowest BCUT2D eigenvalue weighted by Crippen LogP contribution is -2.18. The molecule has 0 unspecified atom stereocenters. The van der Waals surface area contributed by atoms with Gasteiger partial charge in [0.05, 0.1) is 49.2 Å². The number of methoxy groups -OCH3 is 1. The molecule has 3 aromatic carbocycles. The first-order valence-corrected chi connectivity index (χ1v) is 14.2. The molecule has 35 heavy (non-hydrogen) atoms. The Hall–Kier alpha value is -2.77. The molecular weight excluding hydrogens is 557 g/mol. The molecule has 1 heterocycles. The summed E-state index contributed by atoms with van der Waals surface area (Å²) < 4.78 is 63.3. The molecule has 0 saturated heterocycles. The van der Waals surface area contributed by atoms with Crippen molar-refractivity contribution in [2.45, 2.75) is 9.79 Å². The second-order valence-electron chi connectivity index (χ2n) is 7.26. The van der Waals surface area contributed by atoms with Gasteiger partial charge in [-0.15, -0.1) is 0 Å². The monoisotopic (exact) mass is 573 g/mol. The van der Waals surface area contributed by atoms with E-state index in [0.29, 0.717) is 11.3 Å². The molecule has 0 aliphatic carbocycles. The van der Waals surface area contributed by atoms with E-state index in [1.54, 1.807) is 17.1 Å². The van der Waals surface area contributed by atoms with Crippen molar-refractivity contribution in [1.29, 1.82) is 0 Å². The molecule has 0 spiro atoms. The highest BCUT2D eigenvalue weighted by Gasteiger charge is 2.23. The van der Waals surface area contributed by atoms with Crippen LogP contribution in [0, 0.1) is 0 Å². The van der Waals surface area contributed by atoms with E-state index in [4.69, 9.17) is 27.9 Å². The fraction of sp³-hybridized carbons (Fsp3) is 0.0952. The molecule has 2 N–H and O–H groups in total. The summed E-state index contributed by atoms with van der Waals surface area (Å²) in [4.78, 5) is 11.9. The van der Waals surface area contributed by atoms with Crippen LogP contribution < -0.4 is 18.9 Å². The molecule has 4 rings (SSSR count). The lowest BCUT2D eigenvalue weighted by Gasteiger charge is -2.16. The molecular formula is C21H17Cl2N3O6S3. The van der Waals surface area contributed by atoms with Crippen LogP contribution >= 0.6 is 34.7 Å². The number of nitrogens with one attached hydrogen (secondary N) is 2. The van der Waals surface area contributed by atoms with Gasteiger partial charge in [0.1, 0.15) is 5.75 Å².